The van der Waals surface area contributed by atoms with Crippen molar-refractivity contribution in [2.24, 2.45) is 0 Å². The summed E-state index contributed by atoms with van der Waals surface area (Å²) in [5.74, 6) is -0.287. The SMILES string of the molecule is CCOC(=O)C1=CN(Cc2ccccc2)C(=O)CC1. The summed E-state index contributed by atoms with van der Waals surface area (Å²) in [5.41, 5.74) is 1.61. The molecule has 0 aliphatic carbocycles. The molecular formula is C15H17NO3. The molecule has 0 saturated carbocycles. The molecule has 0 saturated heterocycles. The van der Waals surface area contributed by atoms with Crippen LogP contribution in [0.3, 0.4) is 0 Å². The molecule has 0 bridgehead atoms. The molecule has 1 amide bonds. The van der Waals surface area contributed by atoms with Crippen LogP contribution >= 0.6 is 0 Å². The molecule has 1 heterocycles. The number of benzene rings is 1. The normalized spacial score (nSPS) is 15.1. The quantitative estimate of drug-likeness (QED) is 0.779. The van der Waals surface area contributed by atoms with Crippen molar-refractivity contribution in [1.29, 1.82) is 0 Å². The Balaban J connectivity index is 2.11. The van der Waals surface area contributed by atoms with Gasteiger partial charge in [0, 0.05) is 12.6 Å². The Morgan fingerprint density at radius 2 is 2.00 bits per heavy atom. The zero-order chi connectivity index (χ0) is 13.7. The van der Waals surface area contributed by atoms with Gasteiger partial charge in [-0.1, -0.05) is 30.3 Å². The summed E-state index contributed by atoms with van der Waals surface area (Å²) in [4.78, 5) is 25.1. The minimum atomic E-state index is -0.326. The van der Waals surface area contributed by atoms with Gasteiger partial charge in [-0.25, -0.2) is 4.79 Å². The third kappa shape index (κ3) is 3.44. The predicted octanol–water partition coefficient (Wildman–Crippen LogP) is 2.26. The Kier molecular flexibility index (Phi) is 4.34. The first-order valence-corrected chi connectivity index (χ1v) is 6.42. The van der Waals surface area contributed by atoms with E-state index in [1.165, 1.54) is 0 Å². The molecule has 19 heavy (non-hydrogen) atoms. The van der Waals surface area contributed by atoms with Crippen LogP contribution in [0.25, 0.3) is 0 Å². The Labute approximate surface area is 112 Å². The van der Waals surface area contributed by atoms with Crippen LogP contribution in [0.4, 0.5) is 0 Å². The van der Waals surface area contributed by atoms with Gasteiger partial charge in [-0.2, -0.15) is 0 Å². The molecule has 0 radical (unpaired) electrons. The zero-order valence-electron chi connectivity index (χ0n) is 11.0. The van der Waals surface area contributed by atoms with Gasteiger partial charge in [-0.15, -0.1) is 0 Å². The van der Waals surface area contributed by atoms with E-state index >= 15 is 0 Å². The van der Waals surface area contributed by atoms with E-state index < -0.39 is 0 Å². The molecule has 4 heteroatoms. The minimum absolute atomic E-state index is 0.0388. The van der Waals surface area contributed by atoms with Crippen LogP contribution in [-0.2, 0) is 20.9 Å². The van der Waals surface area contributed by atoms with Gasteiger partial charge in [0.15, 0.2) is 0 Å². The molecule has 2 rings (SSSR count). The summed E-state index contributed by atoms with van der Waals surface area (Å²) in [6, 6.07) is 9.71. The molecule has 1 aromatic carbocycles. The molecule has 1 aliphatic rings. The summed E-state index contributed by atoms with van der Waals surface area (Å²) in [6.07, 6.45) is 2.44. The van der Waals surface area contributed by atoms with E-state index in [1.807, 2.05) is 30.3 Å². The highest BCUT2D eigenvalue weighted by atomic mass is 16.5. The Bertz CT molecular complexity index is 493. The van der Waals surface area contributed by atoms with Crippen molar-refractivity contribution in [2.45, 2.75) is 26.3 Å². The van der Waals surface area contributed by atoms with Crippen molar-refractivity contribution < 1.29 is 14.3 Å². The highest BCUT2D eigenvalue weighted by molar-refractivity contribution is 5.92. The van der Waals surface area contributed by atoms with Crippen LogP contribution in [0, 0.1) is 0 Å². The average molecular weight is 259 g/mol. The fourth-order valence-corrected chi connectivity index (χ4v) is 2.00. The Hall–Kier alpha value is -2.10. The molecule has 0 aromatic heterocycles. The number of hydrogen-bond donors (Lipinski definition) is 0. The molecule has 0 atom stereocenters. The van der Waals surface area contributed by atoms with Crippen LogP contribution < -0.4 is 0 Å². The van der Waals surface area contributed by atoms with Crippen LogP contribution in [-0.4, -0.2) is 23.4 Å². The lowest BCUT2D eigenvalue weighted by atomic mass is 10.1. The summed E-state index contributed by atoms with van der Waals surface area (Å²) in [7, 11) is 0. The van der Waals surface area contributed by atoms with E-state index in [9.17, 15) is 9.59 Å². The maximum absolute atomic E-state index is 11.9. The lowest BCUT2D eigenvalue weighted by Crippen LogP contribution is -2.30. The van der Waals surface area contributed by atoms with Crippen molar-refractivity contribution in [3.8, 4) is 0 Å². The maximum atomic E-state index is 11.9. The van der Waals surface area contributed by atoms with Crippen molar-refractivity contribution in [1.82, 2.24) is 4.90 Å². The van der Waals surface area contributed by atoms with Crippen LogP contribution in [0.2, 0.25) is 0 Å². The van der Waals surface area contributed by atoms with Gasteiger partial charge in [-0.3, -0.25) is 4.79 Å². The fraction of sp³-hybridized carbons (Fsp3) is 0.333. The molecule has 1 aliphatic heterocycles. The molecule has 0 unspecified atom stereocenters. The second kappa shape index (κ2) is 6.18. The molecule has 0 spiro atoms. The predicted molar refractivity (Wildman–Crippen MR) is 70.9 cm³/mol. The first-order chi connectivity index (χ1) is 9.20. The summed E-state index contributed by atoms with van der Waals surface area (Å²) in [5, 5.41) is 0. The number of ether oxygens (including phenoxy) is 1. The monoisotopic (exact) mass is 259 g/mol. The topological polar surface area (TPSA) is 46.6 Å². The fourth-order valence-electron chi connectivity index (χ4n) is 2.00. The van der Waals surface area contributed by atoms with Crippen molar-refractivity contribution in [2.75, 3.05) is 6.61 Å². The lowest BCUT2D eigenvalue weighted by molar-refractivity contribution is -0.139. The van der Waals surface area contributed by atoms with Gasteiger partial charge in [0.1, 0.15) is 0 Å². The van der Waals surface area contributed by atoms with Gasteiger partial charge < -0.3 is 9.64 Å². The smallest absolute Gasteiger partial charge is 0.335 e. The van der Waals surface area contributed by atoms with E-state index in [0.717, 1.165) is 5.56 Å². The lowest BCUT2D eigenvalue weighted by Gasteiger charge is -2.24. The number of amides is 1. The third-order valence-corrected chi connectivity index (χ3v) is 2.97. The van der Waals surface area contributed by atoms with E-state index in [-0.39, 0.29) is 11.9 Å². The first kappa shape index (κ1) is 13.3. The standard InChI is InChI=1S/C15H17NO3/c1-2-19-15(18)13-8-9-14(17)16(11-13)10-12-6-4-3-5-7-12/h3-7,11H,2,8-10H2,1H3. The van der Waals surface area contributed by atoms with Gasteiger partial charge in [0.05, 0.1) is 18.7 Å². The largest absolute Gasteiger partial charge is 0.463 e. The Morgan fingerprint density at radius 3 is 2.68 bits per heavy atom. The summed E-state index contributed by atoms with van der Waals surface area (Å²) >= 11 is 0. The Morgan fingerprint density at radius 1 is 1.26 bits per heavy atom. The van der Waals surface area contributed by atoms with Gasteiger partial charge in [0.25, 0.3) is 0 Å². The van der Waals surface area contributed by atoms with E-state index in [2.05, 4.69) is 0 Å². The first-order valence-electron chi connectivity index (χ1n) is 6.42. The number of esters is 1. The second-order valence-corrected chi connectivity index (χ2v) is 4.38. The van der Waals surface area contributed by atoms with Gasteiger partial charge in [-0.05, 0) is 18.9 Å². The highest BCUT2D eigenvalue weighted by Gasteiger charge is 2.23. The van der Waals surface area contributed by atoms with Crippen molar-refractivity contribution in [3.05, 3.63) is 47.7 Å². The van der Waals surface area contributed by atoms with Crippen LogP contribution in [0.5, 0.6) is 0 Å². The number of carbonyl (C=O) groups is 2. The highest BCUT2D eigenvalue weighted by Crippen LogP contribution is 2.19. The van der Waals surface area contributed by atoms with E-state index in [4.69, 9.17) is 4.74 Å². The van der Waals surface area contributed by atoms with Crippen molar-refractivity contribution >= 4 is 11.9 Å². The molecule has 4 nitrogen and oxygen atoms in total. The van der Waals surface area contributed by atoms with Gasteiger partial charge in [0.2, 0.25) is 5.91 Å². The van der Waals surface area contributed by atoms with Crippen molar-refractivity contribution in [3.63, 3.8) is 0 Å². The molecule has 100 valence electrons. The van der Waals surface area contributed by atoms with Crippen LogP contribution in [0.1, 0.15) is 25.3 Å². The summed E-state index contributed by atoms with van der Waals surface area (Å²) in [6.45, 7) is 2.61. The number of carbonyl (C=O) groups excluding carboxylic acids is 2. The molecule has 0 N–H and O–H groups in total. The second-order valence-electron chi connectivity index (χ2n) is 4.38. The number of hydrogen-bond acceptors (Lipinski definition) is 3. The third-order valence-electron chi connectivity index (χ3n) is 2.97. The van der Waals surface area contributed by atoms with Crippen LogP contribution in [0.15, 0.2) is 42.1 Å². The molecule has 0 fully saturated rings. The summed E-state index contributed by atoms with van der Waals surface area (Å²) < 4.78 is 4.97. The zero-order valence-corrected chi connectivity index (χ0v) is 11.0. The van der Waals surface area contributed by atoms with E-state index in [0.29, 0.717) is 31.6 Å². The minimum Gasteiger partial charge on any atom is -0.463 e. The van der Waals surface area contributed by atoms with Gasteiger partial charge >= 0.3 is 5.97 Å². The molecular weight excluding hydrogens is 242 g/mol. The number of rotatable bonds is 4. The van der Waals surface area contributed by atoms with E-state index in [1.54, 1.807) is 18.0 Å². The maximum Gasteiger partial charge on any atom is 0.335 e. The number of nitrogens with zero attached hydrogens (tertiary/aromatic N) is 1. The average Bonchev–Trinajstić information content (AvgIpc) is 2.42. The molecule has 1 aromatic rings.